The molecule has 3 fully saturated rings. The van der Waals surface area contributed by atoms with E-state index in [9.17, 15) is 19.2 Å². The lowest BCUT2D eigenvalue weighted by Crippen LogP contribution is -2.63. The predicted molar refractivity (Wildman–Crippen MR) is 115 cm³/mol. The van der Waals surface area contributed by atoms with Gasteiger partial charge in [-0.1, -0.05) is 38.5 Å². The zero-order valence-electron chi connectivity index (χ0n) is 18.4. The summed E-state index contributed by atoms with van der Waals surface area (Å²) in [5.41, 5.74) is -0.987. The lowest BCUT2D eigenvalue weighted by atomic mass is 9.78. The topological polar surface area (TPSA) is 121 Å². The second-order valence-electron chi connectivity index (χ2n) is 9.18. The molecule has 2 heterocycles. The van der Waals surface area contributed by atoms with E-state index in [0.29, 0.717) is 18.6 Å². The van der Waals surface area contributed by atoms with Crippen LogP contribution in [0.25, 0.3) is 0 Å². The molecular formula is C23H32N4O5. The summed E-state index contributed by atoms with van der Waals surface area (Å²) in [6.45, 7) is 0.145. The number of carbonyl (C=O) groups is 4. The number of furan rings is 1. The maximum Gasteiger partial charge on any atom is 0.322 e. The van der Waals surface area contributed by atoms with Crippen LogP contribution in [0.4, 0.5) is 4.79 Å². The summed E-state index contributed by atoms with van der Waals surface area (Å²) in [5, 5.41) is 7.89. The van der Waals surface area contributed by atoms with E-state index >= 15 is 0 Å². The normalized spacial score (nSPS) is 23.3. The molecular weight excluding hydrogens is 412 g/mol. The Balaban J connectivity index is 1.60. The number of nitrogens with zero attached hydrogens (tertiary/aromatic N) is 1. The van der Waals surface area contributed by atoms with E-state index in [0.717, 1.165) is 44.9 Å². The van der Waals surface area contributed by atoms with E-state index in [1.807, 2.05) is 0 Å². The number of nitrogens with one attached hydrogen (secondary N) is 3. The first-order valence-corrected chi connectivity index (χ1v) is 11.7. The third kappa shape index (κ3) is 4.81. The quantitative estimate of drug-likeness (QED) is 0.558. The molecule has 174 valence electrons. The van der Waals surface area contributed by atoms with Crippen molar-refractivity contribution in [2.45, 2.75) is 94.8 Å². The number of rotatable bonds is 7. The van der Waals surface area contributed by atoms with Gasteiger partial charge in [0.15, 0.2) is 0 Å². The average molecular weight is 445 g/mol. The number of hydrogen-bond donors (Lipinski definition) is 3. The maximum atomic E-state index is 13.7. The standard InChI is InChI=1S/C23H32N4O5/c28-19(14-18-20(29)26-22(31)25-18)27(15-17-10-7-13-32-17)23(11-5-2-6-12-23)21(30)24-16-8-3-1-4-9-16/h7,10,13,16,18H,1-6,8-9,11-12,14-15H2,(H,24,30)(H2,25,26,29,31)/t18-/m0/s1. The van der Waals surface area contributed by atoms with Crippen LogP contribution in [0.3, 0.4) is 0 Å². The first kappa shape index (κ1) is 22.4. The summed E-state index contributed by atoms with van der Waals surface area (Å²) in [5.74, 6) is -0.396. The Morgan fingerprint density at radius 1 is 1.09 bits per heavy atom. The molecule has 1 aromatic rings. The summed E-state index contributed by atoms with van der Waals surface area (Å²) < 4.78 is 5.51. The molecule has 9 nitrogen and oxygen atoms in total. The highest BCUT2D eigenvalue weighted by Gasteiger charge is 2.48. The molecule has 3 aliphatic rings. The first-order chi connectivity index (χ1) is 15.5. The highest BCUT2D eigenvalue weighted by Crippen LogP contribution is 2.36. The molecule has 5 amide bonds. The van der Waals surface area contributed by atoms with Gasteiger partial charge in [0.2, 0.25) is 11.8 Å². The van der Waals surface area contributed by atoms with Gasteiger partial charge >= 0.3 is 6.03 Å². The summed E-state index contributed by atoms with van der Waals surface area (Å²) in [6.07, 6.45) is 10.5. The fraction of sp³-hybridized carbons (Fsp3) is 0.652. The molecule has 2 saturated carbocycles. The Bertz CT molecular complexity index is 841. The zero-order valence-corrected chi connectivity index (χ0v) is 18.4. The van der Waals surface area contributed by atoms with Gasteiger partial charge in [0.1, 0.15) is 17.3 Å². The second kappa shape index (κ2) is 9.75. The van der Waals surface area contributed by atoms with Crippen LogP contribution < -0.4 is 16.0 Å². The van der Waals surface area contributed by atoms with E-state index < -0.39 is 23.5 Å². The average Bonchev–Trinajstić information content (AvgIpc) is 3.42. The van der Waals surface area contributed by atoms with E-state index in [2.05, 4.69) is 16.0 Å². The highest BCUT2D eigenvalue weighted by molar-refractivity contribution is 6.06. The largest absolute Gasteiger partial charge is 0.467 e. The molecule has 1 aromatic heterocycles. The molecule has 2 aliphatic carbocycles. The van der Waals surface area contributed by atoms with E-state index in [4.69, 9.17) is 4.42 Å². The van der Waals surface area contributed by atoms with Crippen LogP contribution in [0.15, 0.2) is 22.8 Å². The van der Waals surface area contributed by atoms with Crippen molar-refractivity contribution in [3.05, 3.63) is 24.2 Å². The van der Waals surface area contributed by atoms with Gasteiger partial charge in [0.25, 0.3) is 5.91 Å². The van der Waals surface area contributed by atoms with E-state index in [1.165, 1.54) is 12.7 Å². The van der Waals surface area contributed by atoms with Gasteiger partial charge in [0.05, 0.1) is 19.2 Å². The Labute approximate surface area is 187 Å². The van der Waals surface area contributed by atoms with Gasteiger partial charge in [-0.15, -0.1) is 0 Å². The molecule has 1 atom stereocenters. The Morgan fingerprint density at radius 2 is 1.81 bits per heavy atom. The molecule has 0 spiro atoms. The van der Waals surface area contributed by atoms with Crippen LogP contribution >= 0.6 is 0 Å². The van der Waals surface area contributed by atoms with Gasteiger partial charge in [-0.25, -0.2) is 4.79 Å². The first-order valence-electron chi connectivity index (χ1n) is 11.7. The minimum atomic E-state index is -0.987. The van der Waals surface area contributed by atoms with Crippen molar-refractivity contribution in [1.82, 2.24) is 20.9 Å². The minimum absolute atomic E-state index is 0.107. The molecule has 0 bridgehead atoms. The highest BCUT2D eigenvalue weighted by atomic mass is 16.3. The van der Waals surface area contributed by atoms with Gasteiger partial charge in [-0.05, 0) is 37.8 Å². The number of imide groups is 1. The Kier molecular flexibility index (Phi) is 6.81. The number of amides is 5. The van der Waals surface area contributed by atoms with Crippen molar-refractivity contribution in [3.63, 3.8) is 0 Å². The zero-order chi connectivity index (χ0) is 22.6. The van der Waals surface area contributed by atoms with Crippen molar-refractivity contribution in [2.24, 2.45) is 0 Å². The van der Waals surface area contributed by atoms with Crippen LogP contribution in [0.2, 0.25) is 0 Å². The lowest BCUT2D eigenvalue weighted by Gasteiger charge is -2.45. The van der Waals surface area contributed by atoms with Gasteiger partial charge < -0.3 is 20.0 Å². The predicted octanol–water partition coefficient (Wildman–Crippen LogP) is 2.36. The number of urea groups is 1. The summed E-state index contributed by atoms with van der Waals surface area (Å²) in [6, 6.07) is 2.12. The maximum absolute atomic E-state index is 13.7. The van der Waals surface area contributed by atoms with Gasteiger partial charge in [-0.3, -0.25) is 19.7 Å². The monoisotopic (exact) mass is 444 g/mol. The fourth-order valence-corrected chi connectivity index (χ4v) is 5.25. The molecule has 1 aliphatic heterocycles. The third-order valence-corrected chi connectivity index (χ3v) is 6.99. The van der Waals surface area contributed by atoms with Crippen molar-refractivity contribution in [1.29, 1.82) is 0 Å². The summed E-state index contributed by atoms with van der Waals surface area (Å²) >= 11 is 0. The molecule has 4 rings (SSSR count). The van der Waals surface area contributed by atoms with Crippen LogP contribution in [-0.4, -0.2) is 46.3 Å². The molecule has 0 aromatic carbocycles. The van der Waals surface area contributed by atoms with Crippen LogP contribution in [0.5, 0.6) is 0 Å². The SMILES string of the molecule is O=C1NC(=O)[C@H](CC(=O)N(Cc2ccco2)C2(C(=O)NC3CCCCC3)CCCCC2)N1. The van der Waals surface area contributed by atoms with Crippen LogP contribution in [0, 0.1) is 0 Å². The Morgan fingerprint density at radius 3 is 2.44 bits per heavy atom. The van der Waals surface area contributed by atoms with Crippen molar-refractivity contribution in [2.75, 3.05) is 0 Å². The molecule has 0 unspecified atom stereocenters. The van der Waals surface area contributed by atoms with Gasteiger partial charge in [0, 0.05) is 6.04 Å². The Hall–Kier alpha value is -2.84. The van der Waals surface area contributed by atoms with Crippen LogP contribution in [0.1, 0.15) is 76.4 Å². The van der Waals surface area contributed by atoms with Crippen LogP contribution in [-0.2, 0) is 20.9 Å². The number of carbonyl (C=O) groups excluding carboxylic acids is 4. The molecule has 32 heavy (non-hydrogen) atoms. The lowest BCUT2D eigenvalue weighted by molar-refractivity contribution is -0.153. The van der Waals surface area contributed by atoms with Crippen molar-refractivity contribution < 1.29 is 23.6 Å². The second-order valence-corrected chi connectivity index (χ2v) is 9.18. The smallest absolute Gasteiger partial charge is 0.322 e. The molecule has 9 heteroatoms. The van der Waals surface area contributed by atoms with E-state index in [-0.39, 0.29) is 30.8 Å². The number of hydrogen-bond acceptors (Lipinski definition) is 5. The fourth-order valence-electron chi connectivity index (χ4n) is 5.25. The van der Waals surface area contributed by atoms with E-state index in [1.54, 1.807) is 17.0 Å². The summed E-state index contributed by atoms with van der Waals surface area (Å²) in [7, 11) is 0. The molecule has 0 radical (unpaired) electrons. The van der Waals surface area contributed by atoms with Gasteiger partial charge in [-0.2, -0.15) is 0 Å². The minimum Gasteiger partial charge on any atom is -0.467 e. The molecule has 3 N–H and O–H groups in total. The van der Waals surface area contributed by atoms with Crippen molar-refractivity contribution in [3.8, 4) is 0 Å². The molecule has 1 saturated heterocycles. The summed E-state index contributed by atoms with van der Waals surface area (Å²) in [4.78, 5) is 52.4. The third-order valence-electron chi connectivity index (χ3n) is 6.99. The van der Waals surface area contributed by atoms with Crippen molar-refractivity contribution >= 4 is 23.8 Å².